The van der Waals surface area contributed by atoms with Crippen LogP contribution in [0.3, 0.4) is 0 Å². The first kappa shape index (κ1) is 26.2. The van der Waals surface area contributed by atoms with Gasteiger partial charge in [0.2, 0.25) is 0 Å². The number of hydrogen-bond acceptors (Lipinski definition) is 5. The third-order valence-corrected chi connectivity index (χ3v) is 9.55. The Labute approximate surface area is 271 Å². The summed E-state index contributed by atoms with van der Waals surface area (Å²) in [7, 11) is 0. The van der Waals surface area contributed by atoms with Crippen molar-refractivity contribution < 1.29 is 4.42 Å². The van der Waals surface area contributed by atoms with Gasteiger partial charge in [-0.1, -0.05) is 115 Å². The molecule has 0 fully saturated rings. The van der Waals surface area contributed by atoms with Crippen molar-refractivity contribution in [2.75, 3.05) is 0 Å². The molecule has 10 rings (SSSR count). The van der Waals surface area contributed by atoms with Crippen LogP contribution in [0.1, 0.15) is 29.2 Å². The maximum Gasteiger partial charge on any atom is 0.138 e. The van der Waals surface area contributed by atoms with Crippen LogP contribution in [0.4, 0.5) is 0 Å². The van der Waals surface area contributed by atoms with Crippen LogP contribution in [-0.2, 0) is 0 Å². The van der Waals surface area contributed by atoms with E-state index in [1.807, 2.05) is 48.7 Å². The summed E-state index contributed by atoms with van der Waals surface area (Å²) in [4.78, 5) is 9.99. The normalized spacial score (nSPS) is 16.7. The minimum Gasteiger partial charge on any atom is -0.456 e. The molecule has 3 heterocycles. The summed E-state index contributed by atoms with van der Waals surface area (Å²) in [6, 6.07) is 49.1. The maximum absolute atomic E-state index is 6.53. The quantitative estimate of drug-likeness (QED) is 0.210. The monoisotopic (exact) mass is 604 g/mol. The van der Waals surface area contributed by atoms with Crippen molar-refractivity contribution in [1.82, 2.24) is 15.6 Å². The second-order valence-corrected chi connectivity index (χ2v) is 12.3. The number of nitrogens with one attached hydrogen (secondary N) is 2. The van der Waals surface area contributed by atoms with Crippen LogP contribution in [-0.4, -0.2) is 10.8 Å². The van der Waals surface area contributed by atoms with Gasteiger partial charge >= 0.3 is 0 Å². The van der Waals surface area contributed by atoms with Crippen LogP contribution in [0.15, 0.2) is 155 Å². The summed E-state index contributed by atoms with van der Waals surface area (Å²) in [5, 5.41) is 12.0. The fourth-order valence-electron chi connectivity index (χ4n) is 7.36. The van der Waals surface area contributed by atoms with E-state index in [-0.39, 0.29) is 12.3 Å². The van der Waals surface area contributed by atoms with E-state index in [0.717, 1.165) is 50.2 Å². The van der Waals surface area contributed by atoms with E-state index in [9.17, 15) is 0 Å². The zero-order chi connectivity index (χ0) is 30.9. The highest BCUT2D eigenvalue weighted by Gasteiger charge is 2.29. The fraction of sp³-hybridized carbons (Fsp3) is 0.0476. The average molecular weight is 605 g/mol. The summed E-state index contributed by atoms with van der Waals surface area (Å²) in [5.74, 6) is 0.826. The lowest BCUT2D eigenvalue weighted by molar-refractivity contribution is 0.404. The number of aliphatic imine (C=N–C) groups is 1. The highest BCUT2D eigenvalue weighted by Crippen LogP contribution is 2.48. The molecule has 0 spiro atoms. The van der Waals surface area contributed by atoms with Gasteiger partial charge in [0.25, 0.3) is 0 Å². The largest absolute Gasteiger partial charge is 0.456 e. The Balaban J connectivity index is 1.06. The summed E-state index contributed by atoms with van der Waals surface area (Å²) in [6.07, 6.45) is 1.29. The lowest BCUT2D eigenvalue weighted by Gasteiger charge is -2.31. The molecule has 2 aliphatic rings. The van der Waals surface area contributed by atoms with Crippen molar-refractivity contribution in [3.63, 3.8) is 0 Å². The molecule has 2 atom stereocenters. The zero-order valence-corrected chi connectivity index (χ0v) is 25.3. The minimum absolute atomic E-state index is 0.240. The van der Waals surface area contributed by atoms with Gasteiger partial charge in [-0.25, -0.2) is 4.99 Å². The summed E-state index contributed by atoms with van der Waals surface area (Å²) >= 11 is 0. The number of pyridine rings is 1. The van der Waals surface area contributed by atoms with Gasteiger partial charge in [0.15, 0.2) is 0 Å². The molecule has 5 nitrogen and oxygen atoms in total. The molecule has 1 aliphatic carbocycles. The van der Waals surface area contributed by atoms with Gasteiger partial charge in [0.05, 0.1) is 11.1 Å². The molecule has 1 aliphatic heterocycles. The van der Waals surface area contributed by atoms with Gasteiger partial charge in [-0.15, -0.1) is 0 Å². The number of hydrogen-bond donors (Lipinski definition) is 2. The van der Waals surface area contributed by atoms with Crippen molar-refractivity contribution in [1.29, 1.82) is 0 Å². The minimum atomic E-state index is -0.293. The highest BCUT2D eigenvalue weighted by molar-refractivity contribution is 6.16. The van der Waals surface area contributed by atoms with E-state index < -0.39 is 0 Å². The molecule has 0 saturated heterocycles. The number of benzene rings is 6. The standard InChI is InChI=1S/C42H28N4O/c1-3-9-26(10-4-1)40-44-41(27-11-5-2-6-12-27)46-42(45-40)39-38-33-20-18-29(24-36(33)47-35(38)21-22-43-39)28-17-19-30-31-15-7-13-25-14-8-16-32(37(25)31)34(30)23-28/h1-24,40,42,45H,(H,44,46). The molecule has 0 saturated carbocycles. The van der Waals surface area contributed by atoms with E-state index in [2.05, 4.69) is 108 Å². The topological polar surface area (TPSA) is 62.5 Å². The number of fused-ring (bicyclic) bond motifs is 6. The van der Waals surface area contributed by atoms with Crippen molar-refractivity contribution in [3.8, 4) is 33.4 Å². The molecule has 5 heteroatoms. The molecule has 2 aromatic heterocycles. The van der Waals surface area contributed by atoms with E-state index in [1.54, 1.807) is 0 Å². The Bertz CT molecular complexity index is 2530. The number of rotatable bonds is 4. The summed E-state index contributed by atoms with van der Waals surface area (Å²) in [6.45, 7) is 0. The van der Waals surface area contributed by atoms with Gasteiger partial charge < -0.3 is 9.73 Å². The molecular formula is C42H28N4O. The SMILES string of the molecule is c1ccc(C2=NC(c3ccccc3)NC(c3nccc4oc5cc(-c6ccc7c(c6)-c6cccc8cccc-7c68)ccc5c34)N2)cc1. The summed E-state index contributed by atoms with van der Waals surface area (Å²) in [5.41, 5.74) is 12.1. The van der Waals surface area contributed by atoms with E-state index >= 15 is 0 Å². The van der Waals surface area contributed by atoms with Crippen molar-refractivity contribution >= 4 is 38.5 Å². The zero-order valence-electron chi connectivity index (χ0n) is 25.3. The fourth-order valence-corrected chi connectivity index (χ4v) is 7.36. The number of furan rings is 1. The predicted octanol–water partition coefficient (Wildman–Crippen LogP) is 9.79. The Morgan fingerprint density at radius 3 is 2.13 bits per heavy atom. The molecule has 0 radical (unpaired) electrons. The van der Waals surface area contributed by atoms with Gasteiger partial charge in [-0.2, -0.15) is 0 Å². The lowest BCUT2D eigenvalue weighted by atomic mass is 9.96. The predicted molar refractivity (Wildman–Crippen MR) is 190 cm³/mol. The molecule has 0 bridgehead atoms. The van der Waals surface area contributed by atoms with Crippen molar-refractivity contribution in [2.24, 2.45) is 4.99 Å². The van der Waals surface area contributed by atoms with Crippen molar-refractivity contribution in [3.05, 3.63) is 163 Å². The van der Waals surface area contributed by atoms with E-state index in [1.165, 1.54) is 38.6 Å². The Kier molecular flexibility index (Phi) is 5.71. The lowest BCUT2D eigenvalue weighted by Crippen LogP contribution is -2.45. The summed E-state index contributed by atoms with van der Waals surface area (Å²) < 4.78 is 6.53. The van der Waals surface area contributed by atoms with Crippen LogP contribution < -0.4 is 10.6 Å². The second-order valence-electron chi connectivity index (χ2n) is 12.3. The average Bonchev–Trinajstić information content (AvgIpc) is 3.68. The first-order chi connectivity index (χ1) is 23.3. The molecular weight excluding hydrogens is 576 g/mol. The van der Waals surface area contributed by atoms with Crippen LogP contribution >= 0.6 is 0 Å². The van der Waals surface area contributed by atoms with E-state index in [4.69, 9.17) is 14.4 Å². The van der Waals surface area contributed by atoms with Crippen molar-refractivity contribution in [2.45, 2.75) is 12.3 Å². The third-order valence-electron chi connectivity index (χ3n) is 9.55. The van der Waals surface area contributed by atoms with Crippen LogP contribution in [0.5, 0.6) is 0 Å². The second kappa shape index (κ2) is 10.2. The van der Waals surface area contributed by atoms with Crippen LogP contribution in [0, 0.1) is 0 Å². The van der Waals surface area contributed by atoms with Gasteiger partial charge in [-0.3, -0.25) is 10.3 Å². The molecule has 8 aromatic rings. The van der Waals surface area contributed by atoms with Gasteiger partial charge in [0, 0.05) is 17.1 Å². The Morgan fingerprint density at radius 2 is 1.30 bits per heavy atom. The number of aromatic nitrogens is 1. The van der Waals surface area contributed by atoms with Crippen LogP contribution in [0.2, 0.25) is 0 Å². The van der Waals surface area contributed by atoms with Gasteiger partial charge in [0.1, 0.15) is 29.3 Å². The number of nitrogens with zero attached hydrogens (tertiary/aromatic N) is 2. The smallest absolute Gasteiger partial charge is 0.138 e. The Hall–Kier alpha value is -6.04. The third kappa shape index (κ3) is 4.14. The first-order valence-electron chi connectivity index (χ1n) is 16.0. The molecule has 0 amide bonds. The molecule has 47 heavy (non-hydrogen) atoms. The molecule has 2 N–H and O–H groups in total. The molecule has 222 valence electrons. The Morgan fingerprint density at radius 1 is 0.553 bits per heavy atom. The number of amidine groups is 1. The van der Waals surface area contributed by atoms with Crippen LogP contribution in [0.25, 0.3) is 66.1 Å². The molecule has 2 unspecified atom stereocenters. The highest BCUT2D eigenvalue weighted by atomic mass is 16.3. The maximum atomic E-state index is 6.53. The first-order valence-corrected chi connectivity index (χ1v) is 16.0. The van der Waals surface area contributed by atoms with Gasteiger partial charge in [-0.05, 0) is 74.0 Å². The van der Waals surface area contributed by atoms with E-state index in [0.29, 0.717) is 0 Å². The molecule has 6 aromatic carbocycles.